The minimum absolute atomic E-state index is 0.480. The van der Waals surface area contributed by atoms with Crippen LogP contribution in [0.2, 0.25) is 0 Å². The van der Waals surface area contributed by atoms with E-state index >= 15 is 0 Å². The zero-order chi connectivity index (χ0) is 17.4. The molecule has 1 N–H and O–H groups in total. The first-order chi connectivity index (χ1) is 12.1. The number of nitriles is 1. The highest BCUT2D eigenvalue weighted by atomic mass is 32.1. The lowest BCUT2D eigenvalue weighted by Gasteiger charge is -2.29. The molecule has 1 aliphatic heterocycles. The third kappa shape index (κ3) is 2.55. The summed E-state index contributed by atoms with van der Waals surface area (Å²) >= 11 is 1.71. The number of nitrogens with zero attached hydrogens (tertiary/aromatic N) is 2. The summed E-state index contributed by atoms with van der Waals surface area (Å²) in [5, 5.41) is 14.8. The lowest BCUT2D eigenvalue weighted by atomic mass is 9.90. The average Bonchev–Trinajstić information content (AvgIpc) is 3.25. The minimum Gasteiger partial charge on any atom is -0.382 e. The van der Waals surface area contributed by atoms with E-state index < -0.39 is 5.60 Å². The van der Waals surface area contributed by atoms with Gasteiger partial charge in [-0.2, -0.15) is 5.26 Å². The molecule has 5 heteroatoms. The fourth-order valence-corrected chi connectivity index (χ4v) is 4.29. The second-order valence-electron chi connectivity index (χ2n) is 6.32. The van der Waals surface area contributed by atoms with Crippen molar-refractivity contribution in [1.82, 2.24) is 4.57 Å². The number of thiophene rings is 1. The van der Waals surface area contributed by atoms with Gasteiger partial charge in [0, 0.05) is 35.4 Å². The number of aromatic nitrogens is 1. The third-order valence-corrected chi connectivity index (χ3v) is 5.94. The molecule has 0 bridgehead atoms. The molecule has 1 atom stereocenters. The van der Waals surface area contributed by atoms with E-state index in [9.17, 15) is 5.26 Å². The van der Waals surface area contributed by atoms with Gasteiger partial charge in [0.15, 0.2) is 0 Å². The van der Waals surface area contributed by atoms with Crippen LogP contribution in [0.3, 0.4) is 0 Å². The quantitative estimate of drug-likeness (QED) is 0.749. The van der Waals surface area contributed by atoms with E-state index in [1.807, 2.05) is 23.7 Å². The molecule has 4 rings (SSSR count). The standard InChI is InChI=1S/C20H19N3OS/c1-20(19-4-3-11-25-19)16-12-14(5-7-17(16)22-9-10-24-20)18-8-6-15(13-21)23(18)2/h3-8,11-12,22H,9-10H2,1-2H3. The van der Waals surface area contributed by atoms with E-state index in [0.717, 1.165) is 29.1 Å². The fourth-order valence-electron chi connectivity index (χ4n) is 3.44. The number of anilines is 1. The Labute approximate surface area is 151 Å². The van der Waals surface area contributed by atoms with Crippen molar-refractivity contribution in [2.75, 3.05) is 18.5 Å². The number of benzene rings is 1. The Bertz CT molecular complexity index is 952. The van der Waals surface area contributed by atoms with Crippen molar-refractivity contribution in [1.29, 1.82) is 5.26 Å². The maximum absolute atomic E-state index is 9.22. The zero-order valence-electron chi connectivity index (χ0n) is 14.2. The predicted molar refractivity (Wildman–Crippen MR) is 101 cm³/mol. The van der Waals surface area contributed by atoms with Crippen LogP contribution in [0.1, 0.15) is 23.1 Å². The van der Waals surface area contributed by atoms with Gasteiger partial charge in [-0.1, -0.05) is 12.1 Å². The third-order valence-electron chi connectivity index (χ3n) is 4.87. The summed E-state index contributed by atoms with van der Waals surface area (Å²) < 4.78 is 8.22. The van der Waals surface area contributed by atoms with Crippen molar-refractivity contribution < 1.29 is 4.74 Å². The number of fused-ring (bicyclic) bond motifs is 1. The first kappa shape index (κ1) is 15.9. The number of ether oxygens (including phenoxy) is 1. The van der Waals surface area contributed by atoms with E-state index in [1.54, 1.807) is 11.3 Å². The number of hydrogen-bond donors (Lipinski definition) is 1. The SMILES string of the molecule is Cn1c(C#N)ccc1-c1ccc2c(c1)C(C)(c1cccs1)OCCN2. The number of hydrogen-bond acceptors (Lipinski definition) is 4. The van der Waals surface area contributed by atoms with E-state index in [4.69, 9.17) is 4.74 Å². The molecule has 1 aromatic carbocycles. The lowest BCUT2D eigenvalue weighted by Crippen LogP contribution is -2.26. The Morgan fingerprint density at radius 2 is 2.16 bits per heavy atom. The number of nitrogens with one attached hydrogen (secondary N) is 1. The molecule has 4 nitrogen and oxygen atoms in total. The Morgan fingerprint density at radius 1 is 1.28 bits per heavy atom. The summed E-state index contributed by atoms with van der Waals surface area (Å²) in [5.74, 6) is 0. The van der Waals surface area contributed by atoms with E-state index in [0.29, 0.717) is 12.3 Å². The largest absolute Gasteiger partial charge is 0.382 e. The van der Waals surface area contributed by atoms with Gasteiger partial charge >= 0.3 is 0 Å². The molecule has 0 saturated carbocycles. The Morgan fingerprint density at radius 3 is 2.88 bits per heavy atom. The molecule has 0 saturated heterocycles. The molecule has 0 amide bonds. The van der Waals surface area contributed by atoms with Crippen molar-refractivity contribution in [2.45, 2.75) is 12.5 Å². The van der Waals surface area contributed by atoms with Gasteiger partial charge < -0.3 is 14.6 Å². The topological polar surface area (TPSA) is 50.0 Å². The molecule has 2 aromatic heterocycles. The van der Waals surface area contributed by atoms with Crippen LogP contribution in [-0.2, 0) is 17.4 Å². The maximum Gasteiger partial charge on any atom is 0.126 e. The van der Waals surface area contributed by atoms with Crippen molar-refractivity contribution in [2.24, 2.45) is 7.05 Å². The highest BCUT2D eigenvalue weighted by molar-refractivity contribution is 7.10. The molecule has 0 aliphatic carbocycles. The first-order valence-corrected chi connectivity index (χ1v) is 9.14. The van der Waals surface area contributed by atoms with Crippen molar-refractivity contribution in [3.8, 4) is 17.3 Å². The van der Waals surface area contributed by atoms with E-state index in [1.165, 1.54) is 4.88 Å². The smallest absolute Gasteiger partial charge is 0.126 e. The molecule has 25 heavy (non-hydrogen) atoms. The average molecular weight is 349 g/mol. The number of rotatable bonds is 2. The first-order valence-electron chi connectivity index (χ1n) is 8.26. The normalized spacial score (nSPS) is 19.6. The van der Waals surface area contributed by atoms with Crippen LogP contribution in [0, 0.1) is 11.3 Å². The minimum atomic E-state index is -0.480. The molecular formula is C20H19N3OS. The fraction of sp³-hybridized carbons (Fsp3) is 0.250. The van der Waals surface area contributed by atoms with Gasteiger partial charge in [0.1, 0.15) is 17.4 Å². The summed E-state index contributed by atoms with van der Waals surface area (Å²) in [6, 6.07) is 16.7. The lowest BCUT2D eigenvalue weighted by molar-refractivity contribution is 0.00861. The van der Waals surface area contributed by atoms with Crippen LogP contribution in [-0.4, -0.2) is 17.7 Å². The van der Waals surface area contributed by atoms with Gasteiger partial charge in [-0.05, 0) is 48.2 Å². The van der Waals surface area contributed by atoms with E-state index in [2.05, 4.69) is 54.0 Å². The van der Waals surface area contributed by atoms with Gasteiger partial charge in [0.25, 0.3) is 0 Å². The predicted octanol–water partition coefficient (Wildman–Crippen LogP) is 4.33. The van der Waals surface area contributed by atoms with Crippen LogP contribution >= 0.6 is 11.3 Å². The second kappa shape index (κ2) is 6.07. The summed E-state index contributed by atoms with van der Waals surface area (Å²) in [6.45, 7) is 3.58. The molecule has 0 spiro atoms. The van der Waals surface area contributed by atoms with Gasteiger partial charge in [-0.25, -0.2) is 0 Å². The monoisotopic (exact) mass is 349 g/mol. The van der Waals surface area contributed by atoms with E-state index in [-0.39, 0.29) is 0 Å². The Kier molecular flexibility index (Phi) is 3.87. The Balaban J connectivity index is 1.89. The Hall–Kier alpha value is -2.55. The van der Waals surface area contributed by atoms with Gasteiger partial charge in [0.2, 0.25) is 0 Å². The molecule has 1 aliphatic rings. The van der Waals surface area contributed by atoms with Crippen LogP contribution in [0.5, 0.6) is 0 Å². The molecule has 0 radical (unpaired) electrons. The summed E-state index contributed by atoms with van der Waals surface area (Å²) in [5.41, 5.74) is 4.51. The van der Waals surface area contributed by atoms with Crippen molar-refractivity contribution in [3.05, 3.63) is 64.0 Å². The highest BCUT2D eigenvalue weighted by Crippen LogP contribution is 2.42. The molecule has 0 fully saturated rings. The maximum atomic E-state index is 9.22. The van der Waals surface area contributed by atoms with Crippen LogP contribution in [0.25, 0.3) is 11.3 Å². The van der Waals surface area contributed by atoms with Crippen LogP contribution < -0.4 is 5.32 Å². The van der Waals surface area contributed by atoms with Crippen molar-refractivity contribution in [3.63, 3.8) is 0 Å². The van der Waals surface area contributed by atoms with Crippen LogP contribution in [0.15, 0.2) is 47.8 Å². The molecule has 1 unspecified atom stereocenters. The summed E-state index contributed by atoms with van der Waals surface area (Å²) in [7, 11) is 1.92. The van der Waals surface area contributed by atoms with Gasteiger partial charge in [-0.15, -0.1) is 11.3 Å². The molecule has 3 heterocycles. The molecule has 126 valence electrons. The molecular weight excluding hydrogens is 330 g/mol. The molecule has 3 aromatic rings. The zero-order valence-corrected chi connectivity index (χ0v) is 15.1. The summed E-state index contributed by atoms with van der Waals surface area (Å²) in [6.07, 6.45) is 0. The van der Waals surface area contributed by atoms with Gasteiger partial charge in [0.05, 0.1) is 6.61 Å². The highest BCUT2D eigenvalue weighted by Gasteiger charge is 2.35. The summed E-state index contributed by atoms with van der Waals surface area (Å²) in [4.78, 5) is 1.19. The van der Waals surface area contributed by atoms with Gasteiger partial charge in [-0.3, -0.25) is 0 Å². The van der Waals surface area contributed by atoms with Crippen LogP contribution in [0.4, 0.5) is 5.69 Å². The second-order valence-corrected chi connectivity index (χ2v) is 7.27. The van der Waals surface area contributed by atoms with Crippen molar-refractivity contribution >= 4 is 17.0 Å².